The summed E-state index contributed by atoms with van der Waals surface area (Å²) in [5, 5.41) is 17.8. The van der Waals surface area contributed by atoms with Crippen molar-refractivity contribution in [1.82, 2.24) is 5.32 Å². The molecule has 2 amide bonds. The van der Waals surface area contributed by atoms with Crippen LogP contribution in [-0.2, 0) is 19.7 Å². The molecule has 1 aliphatic heterocycles. The molecule has 2 N–H and O–H groups in total. The van der Waals surface area contributed by atoms with Crippen LogP contribution in [0, 0.1) is 10.1 Å². The number of thiophene rings is 1. The molecule has 9 heteroatoms. The fourth-order valence-corrected chi connectivity index (χ4v) is 4.02. The Hall–Kier alpha value is -2.78. The van der Waals surface area contributed by atoms with Crippen LogP contribution >= 0.6 is 11.3 Å². The number of ether oxygens (including phenoxy) is 1. The summed E-state index contributed by atoms with van der Waals surface area (Å²) in [4.78, 5) is 35.6. The normalized spacial score (nSPS) is 15.7. The Labute approximate surface area is 159 Å². The molecule has 1 fully saturated rings. The molecule has 2 aromatic rings. The third kappa shape index (κ3) is 4.50. The van der Waals surface area contributed by atoms with Crippen LogP contribution in [0.1, 0.15) is 17.7 Å². The van der Waals surface area contributed by atoms with E-state index in [1.54, 1.807) is 11.3 Å². The van der Waals surface area contributed by atoms with Crippen molar-refractivity contribution in [1.29, 1.82) is 0 Å². The predicted octanol–water partition coefficient (Wildman–Crippen LogP) is 2.46. The first-order valence-corrected chi connectivity index (χ1v) is 9.33. The second kappa shape index (κ2) is 8.28. The van der Waals surface area contributed by atoms with Gasteiger partial charge in [-0.3, -0.25) is 19.7 Å². The zero-order valence-corrected chi connectivity index (χ0v) is 15.3. The summed E-state index contributed by atoms with van der Waals surface area (Å²) >= 11 is 1.63. The lowest BCUT2D eigenvalue weighted by atomic mass is 9.78. The third-order valence-corrected chi connectivity index (χ3v) is 5.74. The number of carbonyl (C=O) groups excluding carboxylic acids is 2. The topological polar surface area (TPSA) is 111 Å². The number of benzene rings is 1. The number of nitrogens with one attached hydrogen (secondary N) is 2. The maximum atomic E-state index is 12.2. The lowest BCUT2D eigenvalue weighted by Crippen LogP contribution is -2.46. The van der Waals surface area contributed by atoms with Crippen molar-refractivity contribution >= 4 is 34.5 Å². The highest BCUT2D eigenvalue weighted by Crippen LogP contribution is 2.36. The highest BCUT2D eigenvalue weighted by molar-refractivity contribution is 7.10. The molecule has 27 heavy (non-hydrogen) atoms. The molecule has 1 saturated heterocycles. The quantitative estimate of drug-likeness (QED) is 0.464. The van der Waals surface area contributed by atoms with Gasteiger partial charge in [-0.05, 0) is 36.4 Å². The number of anilines is 1. The maximum Gasteiger partial charge on any atom is 0.313 e. The van der Waals surface area contributed by atoms with Crippen molar-refractivity contribution in [2.75, 3.05) is 25.1 Å². The van der Waals surface area contributed by atoms with Gasteiger partial charge in [-0.1, -0.05) is 6.07 Å². The molecular weight excluding hydrogens is 370 g/mol. The summed E-state index contributed by atoms with van der Waals surface area (Å²) in [7, 11) is 0. The molecule has 0 aliphatic carbocycles. The highest BCUT2D eigenvalue weighted by Gasteiger charge is 2.36. The van der Waals surface area contributed by atoms with Crippen LogP contribution in [0.2, 0.25) is 0 Å². The standard InChI is InChI=1S/C18H19N3O5S/c22-16(17(23)20-13-3-5-14(6-4-13)21(24)25)19-12-18(7-9-26-10-8-18)15-2-1-11-27-15/h1-6,11H,7-10,12H2,(H,19,22)(H,20,23). The van der Waals surface area contributed by atoms with Gasteiger partial charge in [0.15, 0.2) is 0 Å². The van der Waals surface area contributed by atoms with Gasteiger partial charge in [0.2, 0.25) is 0 Å². The Morgan fingerprint density at radius 2 is 1.85 bits per heavy atom. The van der Waals surface area contributed by atoms with Gasteiger partial charge in [0, 0.05) is 47.9 Å². The number of hydrogen-bond acceptors (Lipinski definition) is 6. The first-order valence-electron chi connectivity index (χ1n) is 8.46. The van der Waals surface area contributed by atoms with E-state index in [1.807, 2.05) is 17.5 Å². The Balaban J connectivity index is 1.60. The summed E-state index contributed by atoms with van der Waals surface area (Å²) in [5.74, 6) is -1.55. The molecule has 0 radical (unpaired) electrons. The molecule has 8 nitrogen and oxygen atoms in total. The number of non-ortho nitro benzene ring substituents is 1. The van der Waals surface area contributed by atoms with Gasteiger partial charge in [-0.15, -0.1) is 11.3 Å². The second-order valence-electron chi connectivity index (χ2n) is 6.31. The van der Waals surface area contributed by atoms with Crippen LogP contribution in [0.4, 0.5) is 11.4 Å². The molecule has 1 aromatic heterocycles. The minimum absolute atomic E-state index is 0.0881. The Morgan fingerprint density at radius 3 is 2.44 bits per heavy atom. The van der Waals surface area contributed by atoms with E-state index in [9.17, 15) is 19.7 Å². The lowest BCUT2D eigenvalue weighted by molar-refractivity contribution is -0.384. The van der Waals surface area contributed by atoms with Crippen molar-refractivity contribution in [2.24, 2.45) is 0 Å². The van der Waals surface area contributed by atoms with Crippen molar-refractivity contribution < 1.29 is 19.2 Å². The van der Waals surface area contributed by atoms with Crippen molar-refractivity contribution in [3.05, 3.63) is 56.8 Å². The predicted molar refractivity (Wildman–Crippen MR) is 101 cm³/mol. The summed E-state index contributed by atoms with van der Waals surface area (Å²) in [6, 6.07) is 9.31. The molecule has 1 aromatic carbocycles. The zero-order valence-electron chi connectivity index (χ0n) is 14.5. The molecule has 1 aliphatic rings. The van der Waals surface area contributed by atoms with Gasteiger partial charge in [0.1, 0.15) is 0 Å². The number of nitrogens with zero attached hydrogens (tertiary/aromatic N) is 1. The molecule has 0 spiro atoms. The molecule has 0 bridgehead atoms. The second-order valence-corrected chi connectivity index (χ2v) is 7.26. The average Bonchev–Trinajstić information content (AvgIpc) is 3.23. The molecule has 0 unspecified atom stereocenters. The van der Waals surface area contributed by atoms with Gasteiger partial charge in [-0.25, -0.2) is 0 Å². The van der Waals surface area contributed by atoms with Crippen molar-refractivity contribution in [3.8, 4) is 0 Å². The fraction of sp³-hybridized carbons (Fsp3) is 0.333. The van der Waals surface area contributed by atoms with E-state index in [2.05, 4.69) is 10.6 Å². The van der Waals surface area contributed by atoms with Gasteiger partial charge in [0.05, 0.1) is 4.92 Å². The summed E-state index contributed by atoms with van der Waals surface area (Å²) in [6.45, 7) is 1.58. The van der Waals surface area contributed by atoms with Crippen molar-refractivity contribution in [3.63, 3.8) is 0 Å². The Morgan fingerprint density at radius 1 is 1.15 bits per heavy atom. The largest absolute Gasteiger partial charge is 0.381 e. The molecule has 2 heterocycles. The highest BCUT2D eigenvalue weighted by atomic mass is 32.1. The van der Waals surface area contributed by atoms with E-state index >= 15 is 0 Å². The van der Waals surface area contributed by atoms with Crippen LogP contribution in [0.15, 0.2) is 41.8 Å². The van der Waals surface area contributed by atoms with Crippen LogP contribution in [0.3, 0.4) is 0 Å². The summed E-state index contributed by atoms with van der Waals surface area (Å²) in [6.07, 6.45) is 1.55. The van der Waals surface area contributed by atoms with Gasteiger partial charge >= 0.3 is 11.8 Å². The first kappa shape index (κ1) is 19.0. The molecule has 0 saturated carbocycles. The van der Waals surface area contributed by atoms with E-state index in [0.29, 0.717) is 25.4 Å². The van der Waals surface area contributed by atoms with Crippen LogP contribution in [-0.4, -0.2) is 36.5 Å². The molecule has 142 valence electrons. The van der Waals surface area contributed by atoms with Crippen LogP contribution < -0.4 is 10.6 Å². The van der Waals surface area contributed by atoms with E-state index < -0.39 is 16.7 Å². The van der Waals surface area contributed by atoms with Gasteiger partial charge in [0.25, 0.3) is 5.69 Å². The molecule has 3 rings (SSSR count). The first-order chi connectivity index (χ1) is 13.0. The number of rotatable bonds is 5. The number of nitro benzene ring substituents is 1. The smallest absolute Gasteiger partial charge is 0.313 e. The number of amides is 2. The third-order valence-electron chi connectivity index (χ3n) is 4.62. The van der Waals surface area contributed by atoms with Crippen LogP contribution in [0.5, 0.6) is 0 Å². The number of nitro groups is 1. The van der Waals surface area contributed by atoms with Crippen LogP contribution in [0.25, 0.3) is 0 Å². The number of carbonyl (C=O) groups is 2. The minimum Gasteiger partial charge on any atom is -0.381 e. The van der Waals surface area contributed by atoms with E-state index in [0.717, 1.165) is 12.8 Å². The van der Waals surface area contributed by atoms with E-state index in [4.69, 9.17) is 4.74 Å². The summed E-state index contributed by atoms with van der Waals surface area (Å²) in [5.41, 5.74) is 0.00468. The number of hydrogen-bond donors (Lipinski definition) is 2. The molecule has 0 atom stereocenters. The monoisotopic (exact) mass is 389 g/mol. The Bertz CT molecular complexity index is 814. The zero-order chi connectivity index (χ0) is 19.3. The van der Waals surface area contributed by atoms with E-state index in [-0.39, 0.29) is 11.1 Å². The SMILES string of the molecule is O=C(NCC1(c2cccs2)CCOCC1)C(=O)Nc1ccc([N+](=O)[O-])cc1. The minimum atomic E-state index is -0.808. The fourth-order valence-electron chi connectivity index (χ4n) is 3.04. The van der Waals surface area contributed by atoms with Gasteiger partial charge < -0.3 is 15.4 Å². The lowest BCUT2D eigenvalue weighted by Gasteiger charge is -2.36. The van der Waals surface area contributed by atoms with Gasteiger partial charge in [-0.2, -0.15) is 0 Å². The Kier molecular flexibility index (Phi) is 5.82. The maximum absolute atomic E-state index is 12.2. The van der Waals surface area contributed by atoms with Crippen molar-refractivity contribution in [2.45, 2.75) is 18.3 Å². The molecular formula is C18H19N3O5S. The van der Waals surface area contributed by atoms with E-state index in [1.165, 1.54) is 29.1 Å². The average molecular weight is 389 g/mol. The summed E-state index contributed by atoms with van der Waals surface area (Å²) < 4.78 is 5.45.